The molecule has 1 spiro atoms. The maximum atomic E-state index is 12.9. The highest BCUT2D eigenvalue weighted by Crippen LogP contribution is 2.40. The molecule has 0 aromatic carbocycles. The van der Waals surface area contributed by atoms with Gasteiger partial charge in [0, 0.05) is 50.1 Å². The van der Waals surface area contributed by atoms with Gasteiger partial charge < -0.3 is 14.2 Å². The third kappa shape index (κ3) is 3.53. The van der Waals surface area contributed by atoms with Gasteiger partial charge >= 0.3 is 0 Å². The van der Waals surface area contributed by atoms with Gasteiger partial charge in [0.1, 0.15) is 16.4 Å². The molecule has 0 saturated carbocycles. The Labute approximate surface area is 164 Å². The zero-order valence-corrected chi connectivity index (χ0v) is 16.8. The Kier molecular flexibility index (Phi) is 5.29. The van der Waals surface area contributed by atoms with Crippen molar-refractivity contribution in [2.45, 2.75) is 51.5 Å². The van der Waals surface area contributed by atoms with Crippen LogP contribution in [-0.4, -0.2) is 62.5 Å². The quantitative estimate of drug-likeness (QED) is 0.784. The van der Waals surface area contributed by atoms with Crippen LogP contribution in [-0.2, 0) is 28.2 Å². The lowest BCUT2D eigenvalue weighted by atomic mass is 9.88. The molecule has 0 unspecified atom stereocenters. The first-order valence-electron chi connectivity index (χ1n) is 9.74. The highest BCUT2D eigenvalue weighted by molar-refractivity contribution is 7.09. The van der Waals surface area contributed by atoms with Crippen LogP contribution in [0.1, 0.15) is 37.5 Å². The van der Waals surface area contributed by atoms with Crippen molar-refractivity contribution in [3.63, 3.8) is 0 Å². The first-order valence-corrected chi connectivity index (χ1v) is 10.6. The van der Waals surface area contributed by atoms with Crippen LogP contribution in [0, 0.1) is 0 Å². The summed E-state index contributed by atoms with van der Waals surface area (Å²) >= 11 is 1.70. The van der Waals surface area contributed by atoms with Crippen LogP contribution in [0.25, 0.3) is 0 Å². The van der Waals surface area contributed by atoms with E-state index < -0.39 is 11.7 Å². The molecule has 0 N–H and O–H groups in total. The van der Waals surface area contributed by atoms with Crippen LogP contribution in [0.4, 0.5) is 0 Å². The lowest BCUT2D eigenvalue weighted by Gasteiger charge is -2.46. The summed E-state index contributed by atoms with van der Waals surface area (Å²) in [6, 6.07) is 0. The summed E-state index contributed by atoms with van der Waals surface area (Å²) in [5, 5.41) is 3.16. The number of carbonyl (C=O) groups excluding carboxylic acids is 1. The normalized spacial score (nSPS) is 21.9. The summed E-state index contributed by atoms with van der Waals surface area (Å²) in [4.78, 5) is 26.2. The molecule has 27 heavy (non-hydrogen) atoms. The van der Waals surface area contributed by atoms with Crippen LogP contribution in [0.3, 0.4) is 0 Å². The summed E-state index contributed by atoms with van der Waals surface area (Å²) < 4.78 is 8.63. The van der Waals surface area contributed by atoms with Crippen molar-refractivity contribution in [1.82, 2.24) is 24.3 Å². The van der Waals surface area contributed by atoms with Gasteiger partial charge in [0.25, 0.3) is 5.91 Å². The number of imidazole rings is 1. The van der Waals surface area contributed by atoms with Crippen LogP contribution < -0.4 is 0 Å². The molecule has 8 heteroatoms. The van der Waals surface area contributed by atoms with Crippen molar-refractivity contribution in [3.8, 4) is 0 Å². The lowest BCUT2D eigenvalue weighted by molar-refractivity contribution is -0.181. The molecule has 0 radical (unpaired) electrons. The molecule has 2 aliphatic rings. The molecule has 0 aliphatic carbocycles. The minimum absolute atomic E-state index is 0.0870. The Morgan fingerprint density at radius 2 is 2.07 bits per heavy atom. The van der Waals surface area contributed by atoms with Crippen molar-refractivity contribution in [3.05, 3.63) is 34.8 Å². The number of hydrogen-bond acceptors (Lipinski definition) is 6. The number of fused-ring (bicyclic) bond motifs is 2. The highest BCUT2D eigenvalue weighted by atomic mass is 32.1. The summed E-state index contributed by atoms with van der Waals surface area (Å²) in [6.45, 7) is 8.71. The fourth-order valence-corrected chi connectivity index (χ4v) is 4.86. The summed E-state index contributed by atoms with van der Waals surface area (Å²) in [5.41, 5.74) is -0.464. The molecule has 2 aromatic rings. The second-order valence-corrected chi connectivity index (χ2v) is 8.20. The van der Waals surface area contributed by atoms with Crippen LogP contribution in [0.15, 0.2) is 24.0 Å². The first-order chi connectivity index (χ1) is 13.1. The number of piperidine rings is 1. The number of rotatable bonds is 5. The van der Waals surface area contributed by atoms with Gasteiger partial charge in [-0.1, -0.05) is 0 Å². The third-order valence-corrected chi connectivity index (χ3v) is 6.47. The van der Waals surface area contributed by atoms with Crippen LogP contribution >= 0.6 is 11.3 Å². The number of likely N-dealkylation sites (tertiary alicyclic amines) is 1. The van der Waals surface area contributed by atoms with Gasteiger partial charge in [0.05, 0.1) is 13.1 Å². The topological polar surface area (TPSA) is 63.5 Å². The molecule has 2 aromatic heterocycles. The molecule has 2 aliphatic heterocycles. The van der Waals surface area contributed by atoms with Crippen molar-refractivity contribution < 1.29 is 9.53 Å². The number of amides is 1. The van der Waals surface area contributed by atoms with Crippen molar-refractivity contribution >= 4 is 17.2 Å². The molecular weight excluding hydrogens is 362 g/mol. The van der Waals surface area contributed by atoms with Gasteiger partial charge in [-0.15, -0.1) is 11.3 Å². The average Bonchev–Trinajstić information content (AvgIpc) is 3.36. The van der Waals surface area contributed by atoms with Crippen molar-refractivity contribution in [1.29, 1.82) is 0 Å². The van der Waals surface area contributed by atoms with Crippen molar-refractivity contribution in [2.75, 3.05) is 26.2 Å². The van der Waals surface area contributed by atoms with Crippen LogP contribution in [0.5, 0.6) is 0 Å². The summed E-state index contributed by atoms with van der Waals surface area (Å²) in [5.74, 6) is 1.06. The molecule has 4 rings (SSSR count). The number of likely N-dealkylation sites (N-methyl/N-ethyl adjacent to an activating group) is 1. The second-order valence-electron chi connectivity index (χ2n) is 7.22. The number of thiazole rings is 1. The summed E-state index contributed by atoms with van der Waals surface area (Å²) in [7, 11) is 0. The number of hydrogen-bond donors (Lipinski definition) is 0. The molecule has 1 atom stereocenters. The van der Waals surface area contributed by atoms with Crippen LogP contribution in [0.2, 0.25) is 0 Å². The van der Waals surface area contributed by atoms with Gasteiger partial charge in [0.2, 0.25) is 0 Å². The molecule has 4 heterocycles. The van der Waals surface area contributed by atoms with Crippen molar-refractivity contribution in [2.24, 2.45) is 0 Å². The molecule has 146 valence electrons. The predicted molar refractivity (Wildman–Crippen MR) is 103 cm³/mol. The minimum atomic E-state index is -0.464. The van der Waals surface area contributed by atoms with E-state index in [1.54, 1.807) is 11.3 Å². The van der Waals surface area contributed by atoms with E-state index in [2.05, 4.69) is 19.4 Å². The largest absolute Gasteiger partial charge is 0.352 e. The fraction of sp³-hybridized carbons (Fsp3) is 0.632. The Morgan fingerprint density at radius 3 is 2.74 bits per heavy atom. The Morgan fingerprint density at radius 1 is 1.30 bits per heavy atom. The van der Waals surface area contributed by atoms with E-state index in [1.165, 1.54) is 0 Å². The molecule has 1 amide bonds. The Balaban J connectivity index is 1.51. The molecule has 1 saturated heterocycles. The molecule has 1 fully saturated rings. The highest BCUT2D eigenvalue weighted by Gasteiger charge is 2.47. The zero-order valence-electron chi connectivity index (χ0n) is 16.0. The fourth-order valence-electron chi connectivity index (χ4n) is 4.20. The van der Waals surface area contributed by atoms with E-state index in [0.29, 0.717) is 19.6 Å². The van der Waals surface area contributed by atoms with E-state index in [-0.39, 0.29) is 5.91 Å². The number of aromatic nitrogens is 3. The van der Waals surface area contributed by atoms with Gasteiger partial charge in [0.15, 0.2) is 6.10 Å². The maximum Gasteiger partial charge on any atom is 0.253 e. The molecule has 0 bridgehead atoms. The first kappa shape index (κ1) is 18.6. The van der Waals surface area contributed by atoms with E-state index in [9.17, 15) is 4.79 Å². The molecule has 7 nitrogen and oxygen atoms in total. The summed E-state index contributed by atoms with van der Waals surface area (Å²) in [6.07, 6.45) is 6.92. The molecular formula is C19H27N5O2S. The SMILES string of the molecule is CCN(CC)C(=O)[C@H]1Cn2ccnc2C2(CCN(Cc3nccs3)CC2)O1. The second kappa shape index (κ2) is 7.69. The Hall–Kier alpha value is -1.77. The van der Waals surface area contributed by atoms with Gasteiger partial charge in [-0.3, -0.25) is 9.69 Å². The van der Waals surface area contributed by atoms with E-state index in [0.717, 1.165) is 43.3 Å². The van der Waals surface area contributed by atoms with Gasteiger partial charge in [-0.2, -0.15) is 0 Å². The lowest BCUT2D eigenvalue weighted by Crippen LogP contribution is -2.54. The monoisotopic (exact) mass is 389 g/mol. The number of carbonyl (C=O) groups is 1. The average molecular weight is 390 g/mol. The third-order valence-electron chi connectivity index (χ3n) is 5.71. The predicted octanol–water partition coefficient (Wildman–Crippen LogP) is 2.10. The van der Waals surface area contributed by atoms with E-state index in [1.807, 2.05) is 42.7 Å². The Bertz CT molecular complexity index is 763. The van der Waals surface area contributed by atoms with Gasteiger partial charge in [-0.25, -0.2) is 9.97 Å². The van der Waals surface area contributed by atoms with Gasteiger partial charge in [-0.05, 0) is 26.7 Å². The smallest absolute Gasteiger partial charge is 0.253 e. The number of nitrogens with zero attached hydrogens (tertiary/aromatic N) is 5. The minimum Gasteiger partial charge on any atom is -0.352 e. The van der Waals surface area contributed by atoms with E-state index in [4.69, 9.17) is 4.74 Å². The standard InChI is InChI=1S/C19H27N5O2S/c1-3-23(4-2)17(25)15-13-24-11-7-21-18(24)19(26-15)5-9-22(10-6-19)14-16-20-8-12-27-16/h7-8,11-12,15H,3-6,9-10,13-14H2,1-2H3/t15-/m1/s1. The van der Waals surface area contributed by atoms with E-state index >= 15 is 0 Å². The zero-order chi connectivity index (χ0) is 18.9. The number of ether oxygens (including phenoxy) is 1. The maximum absolute atomic E-state index is 12.9.